The van der Waals surface area contributed by atoms with Crippen molar-refractivity contribution in [3.05, 3.63) is 29.8 Å². The maximum atomic E-state index is 5.79. The fourth-order valence-corrected chi connectivity index (χ4v) is 2.87. The molecule has 1 aromatic rings. The summed E-state index contributed by atoms with van der Waals surface area (Å²) in [7, 11) is 0. The second-order valence-corrected chi connectivity index (χ2v) is 5.29. The number of likely N-dealkylation sites (tertiary alicyclic amines) is 1. The van der Waals surface area contributed by atoms with Gasteiger partial charge in [0.05, 0.1) is 6.61 Å². The maximum Gasteiger partial charge on any atom is 0.119 e. The molecule has 19 heavy (non-hydrogen) atoms. The quantitative estimate of drug-likeness (QED) is 0.768. The van der Waals surface area contributed by atoms with E-state index in [0.29, 0.717) is 6.54 Å². The summed E-state index contributed by atoms with van der Waals surface area (Å²) in [5.74, 6) is 0.941. The molecule has 2 N–H and O–H groups in total. The Morgan fingerprint density at radius 1 is 1.42 bits per heavy atom. The lowest BCUT2D eigenvalue weighted by atomic mass is 10.2. The van der Waals surface area contributed by atoms with E-state index in [0.717, 1.165) is 36.9 Å². The topological polar surface area (TPSA) is 38.5 Å². The van der Waals surface area contributed by atoms with E-state index in [2.05, 4.69) is 11.8 Å². The molecule has 1 atom stereocenters. The summed E-state index contributed by atoms with van der Waals surface area (Å²) in [6.07, 6.45) is 5.11. The summed E-state index contributed by atoms with van der Waals surface area (Å²) in [4.78, 5) is 2.61. The average molecular weight is 262 g/mol. The van der Waals surface area contributed by atoms with Gasteiger partial charge >= 0.3 is 0 Å². The minimum Gasteiger partial charge on any atom is -0.494 e. The van der Waals surface area contributed by atoms with Crippen molar-refractivity contribution in [2.75, 3.05) is 19.7 Å². The number of hydrogen-bond acceptors (Lipinski definition) is 3. The molecule has 1 aromatic carbocycles. The SMILES string of the molecule is CCC1CCCN1CCCOc1cccc(CN)c1. The first-order valence-electron chi connectivity index (χ1n) is 7.49. The number of ether oxygens (including phenoxy) is 1. The predicted molar refractivity (Wildman–Crippen MR) is 79.3 cm³/mol. The van der Waals surface area contributed by atoms with Gasteiger partial charge < -0.3 is 15.4 Å². The zero-order valence-electron chi connectivity index (χ0n) is 12.0. The van der Waals surface area contributed by atoms with Gasteiger partial charge in [0.1, 0.15) is 5.75 Å². The fraction of sp³-hybridized carbons (Fsp3) is 0.625. The van der Waals surface area contributed by atoms with Crippen LogP contribution in [0.25, 0.3) is 0 Å². The van der Waals surface area contributed by atoms with Gasteiger partial charge in [-0.2, -0.15) is 0 Å². The van der Waals surface area contributed by atoms with Crippen LogP contribution in [0, 0.1) is 0 Å². The van der Waals surface area contributed by atoms with Gasteiger partial charge in [0.15, 0.2) is 0 Å². The smallest absolute Gasteiger partial charge is 0.119 e. The second-order valence-electron chi connectivity index (χ2n) is 5.29. The average Bonchev–Trinajstić information content (AvgIpc) is 2.91. The van der Waals surface area contributed by atoms with Gasteiger partial charge in [-0.15, -0.1) is 0 Å². The van der Waals surface area contributed by atoms with Gasteiger partial charge in [0.2, 0.25) is 0 Å². The third-order valence-electron chi connectivity index (χ3n) is 3.96. The highest BCUT2D eigenvalue weighted by Crippen LogP contribution is 2.20. The van der Waals surface area contributed by atoms with E-state index in [1.807, 2.05) is 24.3 Å². The van der Waals surface area contributed by atoms with Crippen LogP contribution in [0.1, 0.15) is 38.2 Å². The van der Waals surface area contributed by atoms with Crippen LogP contribution in [0.2, 0.25) is 0 Å². The number of hydrogen-bond donors (Lipinski definition) is 1. The summed E-state index contributed by atoms with van der Waals surface area (Å²) in [6, 6.07) is 8.88. The highest BCUT2D eigenvalue weighted by Gasteiger charge is 2.21. The Kier molecular flexibility index (Phi) is 5.67. The van der Waals surface area contributed by atoms with Gasteiger partial charge in [0, 0.05) is 19.1 Å². The second kappa shape index (κ2) is 7.51. The van der Waals surface area contributed by atoms with Crippen LogP contribution in [0.15, 0.2) is 24.3 Å². The Bertz CT molecular complexity index is 381. The third-order valence-corrected chi connectivity index (χ3v) is 3.96. The molecule has 1 saturated heterocycles. The van der Waals surface area contributed by atoms with Crippen LogP contribution in [0.5, 0.6) is 5.75 Å². The van der Waals surface area contributed by atoms with Crippen LogP contribution in [0.3, 0.4) is 0 Å². The Hall–Kier alpha value is -1.06. The van der Waals surface area contributed by atoms with Crippen molar-refractivity contribution in [1.82, 2.24) is 4.90 Å². The first-order chi connectivity index (χ1) is 9.33. The zero-order valence-corrected chi connectivity index (χ0v) is 12.0. The first-order valence-corrected chi connectivity index (χ1v) is 7.49. The fourth-order valence-electron chi connectivity index (χ4n) is 2.87. The molecule has 0 aliphatic carbocycles. The highest BCUT2D eigenvalue weighted by atomic mass is 16.5. The van der Waals surface area contributed by atoms with Crippen molar-refractivity contribution >= 4 is 0 Å². The van der Waals surface area contributed by atoms with E-state index in [4.69, 9.17) is 10.5 Å². The van der Waals surface area contributed by atoms with Gasteiger partial charge in [-0.1, -0.05) is 19.1 Å². The summed E-state index contributed by atoms with van der Waals surface area (Å²) < 4.78 is 5.79. The van der Waals surface area contributed by atoms with Crippen molar-refractivity contribution in [2.45, 2.75) is 45.2 Å². The lowest BCUT2D eigenvalue weighted by molar-refractivity contribution is 0.217. The molecule has 0 aromatic heterocycles. The Morgan fingerprint density at radius 2 is 2.32 bits per heavy atom. The number of benzene rings is 1. The van der Waals surface area contributed by atoms with E-state index in [9.17, 15) is 0 Å². The van der Waals surface area contributed by atoms with Gasteiger partial charge in [-0.05, 0) is 49.9 Å². The van der Waals surface area contributed by atoms with Crippen LogP contribution in [-0.4, -0.2) is 30.6 Å². The predicted octanol–water partition coefficient (Wildman–Crippen LogP) is 2.79. The Labute approximate surface area is 116 Å². The highest BCUT2D eigenvalue weighted by molar-refractivity contribution is 5.28. The van der Waals surface area contributed by atoms with Crippen LogP contribution in [-0.2, 0) is 6.54 Å². The molecule has 106 valence electrons. The van der Waals surface area contributed by atoms with E-state index >= 15 is 0 Å². The lowest BCUT2D eigenvalue weighted by Gasteiger charge is -2.23. The third kappa shape index (κ3) is 4.22. The minimum absolute atomic E-state index is 0.573. The summed E-state index contributed by atoms with van der Waals surface area (Å²) in [5.41, 5.74) is 6.75. The largest absolute Gasteiger partial charge is 0.494 e. The molecule has 1 fully saturated rings. The molecule has 1 heterocycles. The molecule has 0 saturated carbocycles. The van der Waals surface area contributed by atoms with E-state index < -0.39 is 0 Å². The zero-order chi connectivity index (χ0) is 13.5. The van der Waals surface area contributed by atoms with Crippen LogP contribution >= 0.6 is 0 Å². The van der Waals surface area contributed by atoms with Gasteiger partial charge in [-0.25, -0.2) is 0 Å². The van der Waals surface area contributed by atoms with Crippen molar-refractivity contribution in [2.24, 2.45) is 5.73 Å². The van der Waals surface area contributed by atoms with Crippen LogP contribution < -0.4 is 10.5 Å². The summed E-state index contributed by atoms with van der Waals surface area (Å²) >= 11 is 0. The van der Waals surface area contributed by atoms with E-state index in [1.54, 1.807) is 0 Å². The Morgan fingerprint density at radius 3 is 3.11 bits per heavy atom. The molecular weight excluding hydrogens is 236 g/mol. The van der Waals surface area contributed by atoms with E-state index in [1.165, 1.54) is 25.8 Å². The minimum atomic E-state index is 0.573. The molecule has 0 amide bonds. The summed E-state index contributed by atoms with van der Waals surface area (Å²) in [5, 5.41) is 0. The standard InChI is InChI=1S/C16H26N2O/c1-2-15-7-4-9-18(15)10-5-11-19-16-8-3-6-14(12-16)13-17/h3,6,8,12,15H,2,4-5,7,9-11,13,17H2,1H3. The van der Waals surface area contributed by atoms with Gasteiger partial charge in [-0.3, -0.25) is 0 Å². The maximum absolute atomic E-state index is 5.79. The molecule has 0 radical (unpaired) electrons. The van der Waals surface area contributed by atoms with E-state index in [-0.39, 0.29) is 0 Å². The summed E-state index contributed by atoms with van der Waals surface area (Å²) in [6.45, 7) is 6.08. The molecule has 1 aliphatic rings. The normalized spacial score (nSPS) is 19.8. The number of nitrogens with zero attached hydrogens (tertiary/aromatic N) is 1. The van der Waals surface area contributed by atoms with Crippen LogP contribution in [0.4, 0.5) is 0 Å². The monoisotopic (exact) mass is 262 g/mol. The molecule has 0 spiro atoms. The molecule has 2 rings (SSSR count). The molecule has 1 aliphatic heterocycles. The molecule has 0 bridgehead atoms. The number of rotatable bonds is 7. The number of nitrogens with two attached hydrogens (primary N) is 1. The van der Waals surface area contributed by atoms with Crippen molar-refractivity contribution in [3.63, 3.8) is 0 Å². The first kappa shape index (κ1) is 14.4. The molecular formula is C16H26N2O. The van der Waals surface area contributed by atoms with Crippen molar-refractivity contribution in [3.8, 4) is 5.75 Å². The molecule has 3 heteroatoms. The van der Waals surface area contributed by atoms with Gasteiger partial charge in [0.25, 0.3) is 0 Å². The molecule has 1 unspecified atom stereocenters. The molecule has 3 nitrogen and oxygen atoms in total. The van der Waals surface area contributed by atoms with Crippen molar-refractivity contribution in [1.29, 1.82) is 0 Å². The lowest BCUT2D eigenvalue weighted by Crippen LogP contribution is -2.30. The Balaban J connectivity index is 1.68. The van der Waals surface area contributed by atoms with Crippen molar-refractivity contribution < 1.29 is 4.74 Å².